The number of para-hydroxylation sites is 1. The topological polar surface area (TPSA) is 62.7 Å². The fraction of sp³-hybridized carbons (Fsp3) is 0.467. The first-order valence-corrected chi connectivity index (χ1v) is 6.94. The van der Waals surface area contributed by atoms with Crippen molar-refractivity contribution in [1.29, 1.82) is 0 Å². The Bertz CT molecular complexity index is 471. The van der Waals surface area contributed by atoms with E-state index in [1.807, 2.05) is 30.3 Å². The van der Waals surface area contributed by atoms with E-state index in [-0.39, 0.29) is 12.1 Å². The number of nitrogens with one attached hydrogen (secondary N) is 2. The van der Waals surface area contributed by atoms with Crippen LogP contribution in [0.4, 0.5) is 10.5 Å². The van der Waals surface area contributed by atoms with Crippen molar-refractivity contribution < 1.29 is 9.53 Å². The Labute approximate surface area is 119 Å². The highest BCUT2D eigenvalue weighted by molar-refractivity contribution is 5.89. The summed E-state index contributed by atoms with van der Waals surface area (Å²) in [6, 6.07) is 9.39. The van der Waals surface area contributed by atoms with Crippen molar-refractivity contribution in [2.24, 2.45) is 10.9 Å². The Kier molecular flexibility index (Phi) is 4.98. The average Bonchev–Trinajstić information content (AvgIpc) is 2.89. The van der Waals surface area contributed by atoms with E-state index in [4.69, 9.17) is 4.74 Å². The lowest BCUT2D eigenvalue weighted by Gasteiger charge is -2.07. The van der Waals surface area contributed by atoms with Gasteiger partial charge in [0.05, 0.1) is 6.04 Å². The molecular formula is C15H21N3O2. The number of ether oxygens (including phenoxy) is 1. The quantitative estimate of drug-likeness (QED) is 0.867. The zero-order valence-electron chi connectivity index (χ0n) is 11.9. The first kappa shape index (κ1) is 14.4. The van der Waals surface area contributed by atoms with E-state index in [1.54, 1.807) is 0 Å². The maximum atomic E-state index is 11.7. The summed E-state index contributed by atoms with van der Waals surface area (Å²) < 4.78 is 5.51. The molecule has 2 amide bonds. The Morgan fingerprint density at radius 2 is 2.15 bits per heavy atom. The molecule has 1 aromatic rings. The molecule has 0 unspecified atom stereocenters. The molecule has 2 N–H and O–H groups in total. The van der Waals surface area contributed by atoms with Crippen LogP contribution in [0.1, 0.15) is 20.3 Å². The third-order valence-electron chi connectivity index (χ3n) is 3.16. The molecule has 108 valence electrons. The summed E-state index contributed by atoms with van der Waals surface area (Å²) >= 11 is 0. The molecule has 0 fully saturated rings. The summed E-state index contributed by atoms with van der Waals surface area (Å²) in [6.45, 7) is 5.43. The maximum Gasteiger partial charge on any atom is 0.319 e. The minimum absolute atomic E-state index is 0.213. The number of urea groups is 1. The minimum atomic E-state index is -0.213. The fourth-order valence-electron chi connectivity index (χ4n) is 1.90. The van der Waals surface area contributed by atoms with Gasteiger partial charge in [-0.15, -0.1) is 0 Å². The van der Waals surface area contributed by atoms with Gasteiger partial charge >= 0.3 is 6.03 Å². The monoisotopic (exact) mass is 275 g/mol. The summed E-state index contributed by atoms with van der Waals surface area (Å²) in [5.74, 6) is 1.23. The summed E-state index contributed by atoms with van der Waals surface area (Å²) in [6.07, 6.45) is 0.630. The van der Waals surface area contributed by atoms with Crippen LogP contribution >= 0.6 is 0 Å². The second kappa shape index (κ2) is 6.93. The average molecular weight is 275 g/mol. The Balaban J connectivity index is 1.69. The number of amides is 2. The molecule has 1 heterocycles. The SMILES string of the molecule is CC(C)[C@H]1COC(CCNC(=O)Nc2ccccc2)=N1. The largest absolute Gasteiger partial charge is 0.479 e. The van der Waals surface area contributed by atoms with Gasteiger partial charge in [0.1, 0.15) is 6.61 Å². The first-order valence-electron chi connectivity index (χ1n) is 6.94. The van der Waals surface area contributed by atoms with Gasteiger partial charge in [0.2, 0.25) is 0 Å². The van der Waals surface area contributed by atoms with Gasteiger partial charge in [-0.05, 0) is 18.1 Å². The number of hydrogen-bond acceptors (Lipinski definition) is 3. The molecule has 5 heteroatoms. The van der Waals surface area contributed by atoms with E-state index in [1.165, 1.54) is 0 Å². The molecule has 1 aliphatic rings. The molecule has 20 heavy (non-hydrogen) atoms. The Hall–Kier alpha value is -2.04. The Morgan fingerprint density at radius 1 is 1.40 bits per heavy atom. The lowest BCUT2D eigenvalue weighted by atomic mass is 10.1. The third kappa shape index (κ3) is 4.26. The molecule has 0 saturated heterocycles. The first-order chi connectivity index (χ1) is 9.65. The van der Waals surface area contributed by atoms with Gasteiger partial charge in [0.25, 0.3) is 0 Å². The second-order valence-corrected chi connectivity index (χ2v) is 5.14. The lowest BCUT2D eigenvalue weighted by molar-refractivity contribution is 0.252. The smallest absolute Gasteiger partial charge is 0.319 e. The minimum Gasteiger partial charge on any atom is -0.479 e. The van der Waals surface area contributed by atoms with E-state index in [0.29, 0.717) is 25.5 Å². The summed E-state index contributed by atoms with van der Waals surface area (Å²) in [5.41, 5.74) is 0.777. The standard InChI is InChI=1S/C15H21N3O2/c1-11(2)13-10-20-14(18-13)8-9-16-15(19)17-12-6-4-3-5-7-12/h3-7,11,13H,8-10H2,1-2H3,(H2,16,17,19)/t13-/m1/s1. The molecule has 1 atom stereocenters. The second-order valence-electron chi connectivity index (χ2n) is 5.14. The fourth-order valence-corrected chi connectivity index (χ4v) is 1.90. The molecule has 0 radical (unpaired) electrons. The van der Waals surface area contributed by atoms with Crippen LogP contribution in [0.25, 0.3) is 0 Å². The molecule has 1 aromatic carbocycles. The molecule has 0 bridgehead atoms. The van der Waals surface area contributed by atoms with E-state index >= 15 is 0 Å². The number of carbonyl (C=O) groups is 1. The van der Waals surface area contributed by atoms with Crippen LogP contribution in [-0.2, 0) is 4.74 Å². The number of anilines is 1. The molecule has 0 aliphatic carbocycles. The van der Waals surface area contributed by atoms with Crippen molar-refractivity contribution in [2.75, 3.05) is 18.5 Å². The van der Waals surface area contributed by atoms with Gasteiger partial charge in [0, 0.05) is 18.7 Å². The van der Waals surface area contributed by atoms with Gasteiger partial charge in [-0.1, -0.05) is 32.0 Å². The third-order valence-corrected chi connectivity index (χ3v) is 3.16. The van der Waals surface area contributed by atoms with E-state index in [9.17, 15) is 4.79 Å². The Morgan fingerprint density at radius 3 is 2.80 bits per heavy atom. The normalized spacial score (nSPS) is 17.6. The van der Waals surface area contributed by atoms with Crippen molar-refractivity contribution in [1.82, 2.24) is 5.32 Å². The van der Waals surface area contributed by atoms with Crippen LogP contribution in [0.15, 0.2) is 35.3 Å². The van der Waals surface area contributed by atoms with Crippen molar-refractivity contribution >= 4 is 17.6 Å². The van der Waals surface area contributed by atoms with Crippen LogP contribution in [0.3, 0.4) is 0 Å². The van der Waals surface area contributed by atoms with Gasteiger partial charge in [-0.3, -0.25) is 0 Å². The zero-order valence-corrected chi connectivity index (χ0v) is 11.9. The van der Waals surface area contributed by atoms with Crippen LogP contribution in [0.2, 0.25) is 0 Å². The van der Waals surface area contributed by atoms with Crippen LogP contribution < -0.4 is 10.6 Å². The molecular weight excluding hydrogens is 254 g/mol. The van der Waals surface area contributed by atoms with E-state index in [0.717, 1.165) is 11.6 Å². The molecule has 0 aromatic heterocycles. The van der Waals surface area contributed by atoms with E-state index < -0.39 is 0 Å². The number of carbonyl (C=O) groups excluding carboxylic acids is 1. The summed E-state index contributed by atoms with van der Waals surface area (Å²) in [4.78, 5) is 16.1. The summed E-state index contributed by atoms with van der Waals surface area (Å²) in [5, 5.41) is 5.55. The van der Waals surface area contributed by atoms with E-state index in [2.05, 4.69) is 29.5 Å². The van der Waals surface area contributed by atoms with Crippen molar-refractivity contribution in [2.45, 2.75) is 26.3 Å². The number of hydrogen-bond donors (Lipinski definition) is 2. The summed E-state index contributed by atoms with van der Waals surface area (Å²) in [7, 11) is 0. The number of benzene rings is 1. The van der Waals surface area contributed by atoms with Crippen molar-refractivity contribution in [3.8, 4) is 0 Å². The van der Waals surface area contributed by atoms with Crippen LogP contribution in [0, 0.1) is 5.92 Å². The van der Waals surface area contributed by atoms with Gasteiger partial charge in [0.15, 0.2) is 5.90 Å². The highest BCUT2D eigenvalue weighted by Crippen LogP contribution is 2.14. The highest BCUT2D eigenvalue weighted by Gasteiger charge is 2.21. The lowest BCUT2D eigenvalue weighted by Crippen LogP contribution is -2.30. The number of nitrogens with zero attached hydrogens (tertiary/aromatic N) is 1. The predicted octanol–water partition coefficient (Wildman–Crippen LogP) is 2.65. The number of aliphatic imine (C=N–C) groups is 1. The molecule has 0 saturated carbocycles. The number of rotatable bonds is 5. The predicted molar refractivity (Wildman–Crippen MR) is 80.1 cm³/mol. The molecule has 0 spiro atoms. The zero-order chi connectivity index (χ0) is 14.4. The van der Waals surface area contributed by atoms with Gasteiger partial charge in [-0.25, -0.2) is 9.79 Å². The van der Waals surface area contributed by atoms with Crippen LogP contribution in [-0.4, -0.2) is 31.1 Å². The van der Waals surface area contributed by atoms with Gasteiger partial charge in [-0.2, -0.15) is 0 Å². The van der Waals surface area contributed by atoms with Crippen molar-refractivity contribution in [3.63, 3.8) is 0 Å². The highest BCUT2D eigenvalue weighted by atomic mass is 16.5. The maximum absolute atomic E-state index is 11.7. The van der Waals surface area contributed by atoms with Crippen LogP contribution in [0.5, 0.6) is 0 Å². The molecule has 1 aliphatic heterocycles. The molecule has 5 nitrogen and oxygen atoms in total. The molecule has 2 rings (SSSR count). The van der Waals surface area contributed by atoms with Crippen molar-refractivity contribution in [3.05, 3.63) is 30.3 Å². The van der Waals surface area contributed by atoms with Gasteiger partial charge < -0.3 is 15.4 Å².